The second-order valence-electron chi connectivity index (χ2n) is 4.84. The summed E-state index contributed by atoms with van der Waals surface area (Å²) < 4.78 is 37.1. The fourth-order valence-corrected chi connectivity index (χ4v) is 4.05. The Kier molecular flexibility index (Phi) is 5.45. The Labute approximate surface area is 129 Å². The van der Waals surface area contributed by atoms with E-state index in [4.69, 9.17) is 26.8 Å². The van der Waals surface area contributed by atoms with Gasteiger partial charge in [-0.25, -0.2) is 8.42 Å². The van der Waals surface area contributed by atoms with Gasteiger partial charge in [0.1, 0.15) is 17.3 Å². The van der Waals surface area contributed by atoms with E-state index in [0.29, 0.717) is 31.1 Å². The molecule has 0 amide bonds. The van der Waals surface area contributed by atoms with Crippen molar-refractivity contribution < 1.29 is 17.9 Å². The number of halogens is 1. The van der Waals surface area contributed by atoms with E-state index >= 15 is 0 Å². The van der Waals surface area contributed by atoms with Gasteiger partial charge >= 0.3 is 0 Å². The third kappa shape index (κ3) is 3.87. The molecule has 1 unspecified atom stereocenters. The molecular weight excluding hydrogens is 316 g/mol. The molecule has 0 aromatic heterocycles. The SMILES string of the molecule is COCCOc1ccc(Cl)cc1S(=O)(=O)N1CCC(N)C1. The van der Waals surface area contributed by atoms with Crippen LogP contribution in [0.4, 0.5) is 0 Å². The van der Waals surface area contributed by atoms with Crippen LogP contribution in [-0.2, 0) is 14.8 Å². The molecule has 1 saturated heterocycles. The minimum Gasteiger partial charge on any atom is -0.490 e. The number of hydrogen-bond acceptors (Lipinski definition) is 5. The number of nitrogens with zero attached hydrogens (tertiary/aromatic N) is 1. The molecule has 21 heavy (non-hydrogen) atoms. The molecule has 2 rings (SSSR count). The predicted octanol–water partition coefficient (Wildman–Crippen LogP) is 1.09. The molecule has 0 bridgehead atoms. The number of sulfonamides is 1. The third-order valence-electron chi connectivity index (χ3n) is 3.26. The molecular formula is C13H19ClN2O4S. The summed E-state index contributed by atoms with van der Waals surface area (Å²) in [6, 6.07) is 4.43. The van der Waals surface area contributed by atoms with Crippen molar-refractivity contribution in [2.45, 2.75) is 17.4 Å². The predicted molar refractivity (Wildman–Crippen MR) is 80.2 cm³/mol. The van der Waals surface area contributed by atoms with E-state index in [1.54, 1.807) is 19.2 Å². The highest BCUT2D eigenvalue weighted by molar-refractivity contribution is 7.89. The number of methoxy groups -OCH3 is 1. The standard InChI is InChI=1S/C13H19ClN2O4S/c1-19-6-7-20-12-3-2-10(14)8-13(12)21(17,18)16-5-4-11(15)9-16/h2-3,8,11H,4-7,9,15H2,1H3. The second kappa shape index (κ2) is 6.93. The van der Waals surface area contributed by atoms with Gasteiger partial charge in [-0.15, -0.1) is 0 Å². The van der Waals surface area contributed by atoms with Gasteiger partial charge in [0.05, 0.1) is 6.61 Å². The summed E-state index contributed by atoms with van der Waals surface area (Å²) in [5.74, 6) is 0.275. The lowest BCUT2D eigenvalue weighted by Crippen LogP contribution is -2.32. The Bertz CT molecular complexity index is 594. The van der Waals surface area contributed by atoms with E-state index in [1.807, 2.05) is 0 Å². The van der Waals surface area contributed by atoms with Crippen molar-refractivity contribution in [1.29, 1.82) is 0 Å². The number of nitrogens with two attached hydrogens (primary N) is 1. The van der Waals surface area contributed by atoms with Crippen LogP contribution in [0, 0.1) is 0 Å². The lowest BCUT2D eigenvalue weighted by atomic mass is 10.3. The number of hydrogen-bond donors (Lipinski definition) is 1. The molecule has 0 radical (unpaired) electrons. The highest BCUT2D eigenvalue weighted by Gasteiger charge is 2.33. The molecule has 1 aliphatic heterocycles. The number of rotatable bonds is 6. The third-order valence-corrected chi connectivity index (χ3v) is 5.38. The van der Waals surface area contributed by atoms with Crippen LogP contribution in [0.15, 0.2) is 23.1 Å². The molecule has 1 aliphatic rings. The molecule has 118 valence electrons. The van der Waals surface area contributed by atoms with Crippen LogP contribution in [0.2, 0.25) is 5.02 Å². The van der Waals surface area contributed by atoms with E-state index in [9.17, 15) is 8.42 Å². The summed E-state index contributed by atoms with van der Waals surface area (Å²) in [6.07, 6.45) is 0.652. The normalized spacial score (nSPS) is 19.9. The zero-order chi connectivity index (χ0) is 15.5. The van der Waals surface area contributed by atoms with Crippen molar-refractivity contribution in [1.82, 2.24) is 4.31 Å². The van der Waals surface area contributed by atoms with Crippen LogP contribution >= 0.6 is 11.6 Å². The van der Waals surface area contributed by atoms with Crippen LogP contribution in [0.25, 0.3) is 0 Å². The van der Waals surface area contributed by atoms with Gasteiger partial charge < -0.3 is 15.2 Å². The van der Waals surface area contributed by atoms with Crippen molar-refractivity contribution in [3.63, 3.8) is 0 Å². The number of ether oxygens (including phenoxy) is 2. The van der Waals surface area contributed by atoms with Gasteiger partial charge in [0.15, 0.2) is 0 Å². The molecule has 8 heteroatoms. The van der Waals surface area contributed by atoms with Crippen LogP contribution in [0.1, 0.15) is 6.42 Å². The molecule has 1 heterocycles. The van der Waals surface area contributed by atoms with Crippen molar-refractivity contribution in [3.8, 4) is 5.75 Å². The van der Waals surface area contributed by atoms with Crippen molar-refractivity contribution in [3.05, 3.63) is 23.2 Å². The summed E-state index contributed by atoms with van der Waals surface area (Å²) in [5, 5.41) is 0.344. The molecule has 0 aliphatic carbocycles. The van der Waals surface area contributed by atoms with Crippen molar-refractivity contribution in [2.75, 3.05) is 33.4 Å². The Morgan fingerprint density at radius 3 is 2.81 bits per heavy atom. The molecule has 1 atom stereocenters. The molecule has 1 aromatic rings. The Morgan fingerprint density at radius 2 is 2.19 bits per heavy atom. The highest BCUT2D eigenvalue weighted by Crippen LogP contribution is 2.31. The first kappa shape index (κ1) is 16.5. The van der Waals surface area contributed by atoms with E-state index in [0.717, 1.165) is 0 Å². The first-order chi connectivity index (χ1) is 9.95. The summed E-state index contributed by atoms with van der Waals surface area (Å²) in [4.78, 5) is 0.0696. The van der Waals surface area contributed by atoms with Gasteiger partial charge in [0.25, 0.3) is 0 Å². The molecule has 1 aromatic carbocycles. The second-order valence-corrected chi connectivity index (χ2v) is 7.19. The summed E-state index contributed by atoms with van der Waals surface area (Å²) in [6.45, 7) is 1.36. The maximum absolute atomic E-state index is 12.7. The smallest absolute Gasteiger partial charge is 0.246 e. The van der Waals surface area contributed by atoms with Crippen molar-refractivity contribution >= 4 is 21.6 Å². The molecule has 0 saturated carbocycles. The monoisotopic (exact) mass is 334 g/mol. The van der Waals surface area contributed by atoms with Crippen molar-refractivity contribution in [2.24, 2.45) is 5.73 Å². The zero-order valence-electron chi connectivity index (χ0n) is 11.8. The van der Waals surface area contributed by atoms with E-state index in [-0.39, 0.29) is 23.3 Å². The number of benzene rings is 1. The topological polar surface area (TPSA) is 81.9 Å². The van der Waals surface area contributed by atoms with Crippen LogP contribution < -0.4 is 10.5 Å². The zero-order valence-corrected chi connectivity index (χ0v) is 13.4. The molecule has 2 N–H and O–H groups in total. The van der Waals surface area contributed by atoms with Crippen LogP contribution in [0.3, 0.4) is 0 Å². The first-order valence-corrected chi connectivity index (χ1v) is 8.44. The average Bonchev–Trinajstić information content (AvgIpc) is 2.88. The Morgan fingerprint density at radius 1 is 1.43 bits per heavy atom. The Hall–Kier alpha value is -0.860. The fourth-order valence-electron chi connectivity index (χ4n) is 2.15. The lowest BCUT2D eigenvalue weighted by Gasteiger charge is -2.19. The summed E-state index contributed by atoms with van der Waals surface area (Å²) >= 11 is 5.93. The maximum atomic E-state index is 12.7. The van der Waals surface area contributed by atoms with Gasteiger partial charge in [-0.2, -0.15) is 4.31 Å². The van der Waals surface area contributed by atoms with Crippen LogP contribution in [-0.4, -0.2) is 52.2 Å². The molecule has 0 spiro atoms. The van der Waals surface area contributed by atoms with Gasteiger partial charge in [0, 0.05) is 31.3 Å². The lowest BCUT2D eigenvalue weighted by molar-refractivity contribution is 0.144. The Balaban J connectivity index is 2.30. The average molecular weight is 335 g/mol. The largest absolute Gasteiger partial charge is 0.490 e. The fraction of sp³-hybridized carbons (Fsp3) is 0.538. The minimum atomic E-state index is -3.66. The summed E-state index contributed by atoms with van der Waals surface area (Å²) in [5.41, 5.74) is 5.79. The van der Waals surface area contributed by atoms with Gasteiger partial charge in [-0.05, 0) is 24.6 Å². The van der Waals surface area contributed by atoms with Gasteiger partial charge in [-0.1, -0.05) is 11.6 Å². The van der Waals surface area contributed by atoms with E-state index < -0.39 is 10.0 Å². The summed E-state index contributed by atoms with van der Waals surface area (Å²) in [7, 11) is -2.11. The molecule has 6 nitrogen and oxygen atoms in total. The molecule has 1 fully saturated rings. The quantitative estimate of drug-likeness (QED) is 0.787. The van der Waals surface area contributed by atoms with E-state index in [1.165, 1.54) is 10.4 Å². The van der Waals surface area contributed by atoms with Crippen LogP contribution in [0.5, 0.6) is 5.75 Å². The van der Waals surface area contributed by atoms with E-state index in [2.05, 4.69) is 0 Å². The van der Waals surface area contributed by atoms with Gasteiger partial charge in [-0.3, -0.25) is 0 Å². The minimum absolute atomic E-state index is 0.0696. The maximum Gasteiger partial charge on any atom is 0.246 e. The highest BCUT2D eigenvalue weighted by atomic mass is 35.5. The van der Waals surface area contributed by atoms with Gasteiger partial charge in [0.2, 0.25) is 10.0 Å². The first-order valence-electron chi connectivity index (χ1n) is 6.62.